The Bertz CT molecular complexity index is 436. The molecule has 0 aliphatic rings. The zero-order chi connectivity index (χ0) is 12.8. The Kier molecular flexibility index (Phi) is 4.77. The largest absolute Gasteiger partial charge is 0.477 e. The van der Waals surface area contributed by atoms with E-state index in [1.54, 1.807) is 11.8 Å². The van der Waals surface area contributed by atoms with Gasteiger partial charge < -0.3 is 10.4 Å². The van der Waals surface area contributed by atoms with E-state index in [4.69, 9.17) is 5.11 Å². The molecular formula is C10H12N2O4S. The number of nitro groups is 1. The molecule has 6 nitrogen and oxygen atoms in total. The number of nitrogens with one attached hydrogen (secondary N) is 1. The lowest BCUT2D eigenvalue weighted by atomic mass is 10.1. The summed E-state index contributed by atoms with van der Waals surface area (Å²) in [4.78, 5) is 20.8. The van der Waals surface area contributed by atoms with Crippen LogP contribution in [-0.2, 0) is 0 Å². The molecule has 0 heterocycles. The number of carbonyl (C=O) groups is 1. The summed E-state index contributed by atoms with van der Waals surface area (Å²) in [5.41, 5.74) is -0.146. The van der Waals surface area contributed by atoms with Crippen LogP contribution in [0.5, 0.6) is 0 Å². The minimum absolute atomic E-state index is 0.301. The minimum Gasteiger partial charge on any atom is -0.477 e. The Morgan fingerprint density at radius 1 is 1.59 bits per heavy atom. The summed E-state index contributed by atoms with van der Waals surface area (Å²) in [5, 5.41) is 22.5. The third-order valence-electron chi connectivity index (χ3n) is 2.06. The Balaban J connectivity index is 2.94. The van der Waals surface area contributed by atoms with Crippen LogP contribution in [0.15, 0.2) is 18.2 Å². The molecule has 7 heteroatoms. The van der Waals surface area contributed by atoms with Crippen molar-refractivity contribution in [3.63, 3.8) is 0 Å². The maximum Gasteiger partial charge on any atom is 0.342 e. The number of hydrogen-bond acceptors (Lipinski definition) is 5. The summed E-state index contributed by atoms with van der Waals surface area (Å²) in [7, 11) is 0. The Morgan fingerprint density at radius 2 is 2.29 bits per heavy atom. The van der Waals surface area contributed by atoms with Gasteiger partial charge in [-0.15, -0.1) is 0 Å². The van der Waals surface area contributed by atoms with Crippen LogP contribution in [0.1, 0.15) is 10.4 Å². The van der Waals surface area contributed by atoms with Gasteiger partial charge in [0.2, 0.25) is 0 Å². The SMILES string of the molecule is CSCCNc1ccc(C(=O)O)c([N+](=O)[O-])c1. The van der Waals surface area contributed by atoms with Gasteiger partial charge in [-0.25, -0.2) is 4.79 Å². The predicted octanol–water partition coefficient (Wildman–Crippen LogP) is 2.07. The van der Waals surface area contributed by atoms with E-state index in [1.165, 1.54) is 18.2 Å². The lowest BCUT2D eigenvalue weighted by Crippen LogP contribution is -2.07. The number of carboxylic acids is 1. The molecule has 0 unspecified atom stereocenters. The molecule has 0 aliphatic heterocycles. The van der Waals surface area contributed by atoms with Gasteiger partial charge in [-0.2, -0.15) is 11.8 Å². The summed E-state index contributed by atoms with van der Waals surface area (Å²) in [5.74, 6) is -0.429. The van der Waals surface area contributed by atoms with Gasteiger partial charge in [0, 0.05) is 24.1 Å². The van der Waals surface area contributed by atoms with Gasteiger partial charge in [0.1, 0.15) is 5.56 Å². The van der Waals surface area contributed by atoms with Gasteiger partial charge in [0.25, 0.3) is 5.69 Å². The summed E-state index contributed by atoms with van der Waals surface area (Å²) < 4.78 is 0. The number of aromatic carboxylic acids is 1. The molecule has 0 saturated carbocycles. The summed E-state index contributed by atoms with van der Waals surface area (Å²) >= 11 is 1.65. The van der Waals surface area contributed by atoms with E-state index in [9.17, 15) is 14.9 Å². The van der Waals surface area contributed by atoms with Crippen molar-refractivity contribution < 1.29 is 14.8 Å². The first-order valence-corrected chi connectivity index (χ1v) is 6.20. The second-order valence-corrected chi connectivity index (χ2v) is 4.20. The number of nitro benzene ring substituents is 1. The molecule has 92 valence electrons. The number of carboxylic acid groups (broad SMARTS) is 1. The number of hydrogen-bond donors (Lipinski definition) is 2. The molecule has 1 rings (SSSR count). The minimum atomic E-state index is -1.30. The third kappa shape index (κ3) is 3.63. The third-order valence-corrected chi connectivity index (χ3v) is 2.67. The van der Waals surface area contributed by atoms with Crippen molar-refractivity contribution in [2.75, 3.05) is 23.9 Å². The van der Waals surface area contributed by atoms with E-state index >= 15 is 0 Å². The van der Waals surface area contributed by atoms with E-state index < -0.39 is 16.6 Å². The highest BCUT2D eigenvalue weighted by Gasteiger charge is 2.19. The highest BCUT2D eigenvalue weighted by atomic mass is 32.2. The predicted molar refractivity (Wildman–Crippen MR) is 66.9 cm³/mol. The summed E-state index contributed by atoms with van der Waals surface area (Å²) in [6.07, 6.45) is 1.96. The summed E-state index contributed by atoms with van der Waals surface area (Å²) in [6.45, 7) is 0.671. The van der Waals surface area contributed by atoms with Crippen molar-refractivity contribution in [1.82, 2.24) is 0 Å². The van der Waals surface area contributed by atoms with Crippen LogP contribution in [0.25, 0.3) is 0 Å². The molecule has 0 atom stereocenters. The normalized spacial score (nSPS) is 9.94. The molecule has 0 spiro atoms. The maximum absolute atomic E-state index is 10.8. The molecule has 0 saturated heterocycles. The monoisotopic (exact) mass is 256 g/mol. The fraction of sp³-hybridized carbons (Fsp3) is 0.300. The van der Waals surface area contributed by atoms with Crippen LogP contribution in [0, 0.1) is 10.1 Å². The number of benzene rings is 1. The number of thioether (sulfide) groups is 1. The lowest BCUT2D eigenvalue weighted by molar-refractivity contribution is -0.385. The summed E-state index contributed by atoms with van der Waals surface area (Å²) in [6, 6.07) is 4.00. The first-order chi connectivity index (χ1) is 8.06. The van der Waals surface area contributed by atoms with Gasteiger partial charge in [0.05, 0.1) is 4.92 Å². The molecule has 1 aromatic rings. The van der Waals surface area contributed by atoms with Crippen molar-refractivity contribution in [3.8, 4) is 0 Å². The zero-order valence-electron chi connectivity index (χ0n) is 9.17. The first-order valence-electron chi connectivity index (χ1n) is 4.80. The van der Waals surface area contributed by atoms with E-state index in [0.717, 1.165) is 5.75 Å². The lowest BCUT2D eigenvalue weighted by Gasteiger charge is -2.06. The van der Waals surface area contributed by atoms with E-state index in [2.05, 4.69) is 5.32 Å². The van der Waals surface area contributed by atoms with Gasteiger partial charge >= 0.3 is 5.97 Å². The van der Waals surface area contributed by atoms with Gasteiger partial charge in [-0.1, -0.05) is 0 Å². The van der Waals surface area contributed by atoms with Crippen molar-refractivity contribution in [3.05, 3.63) is 33.9 Å². The van der Waals surface area contributed by atoms with E-state index in [-0.39, 0.29) is 5.56 Å². The average Bonchev–Trinajstić information content (AvgIpc) is 2.29. The van der Waals surface area contributed by atoms with Gasteiger partial charge in [-0.3, -0.25) is 10.1 Å². The van der Waals surface area contributed by atoms with Crippen LogP contribution in [-0.4, -0.2) is 34.6 Å². The fourth-order valence-corrected chi connectivity index (χ4v) is 1.58. The molecule has 0 fully saturated rings. The molecule has 0 aromatic heterocycles. The van der Waals surface area contributed by atoms with Gasteiger partial charge in [-0.05, 0) is 18.4 Å². The number of anilines is 1. The molecular weight excluding hydrogens is 244 g/mol. The van der Waals surface area contributed by atoms with Crippen LogP contribution in [0.3, 0.4) is 0 Å². The van der Waals surface area contributed by atoms with Crippen molar-refractivity contribution in [1.29, 1.82) is 0 Å². The molecule has 0 radical (unpaired) electrons. The van der Waals surface area contributed by atoms with Crippen LogP contribution < -0.4 is 5.32 Å². The molecule has 1 aromatic carbocycles. The standard InChI is InChI=1S/C10H12N2O4S/c1-17-5-4-11-7-2-3-8(10(13)14)9(6-7)12(15)16/h2-3,6,11H,4-5H2,1H3,(H,13,14). The highest BCUT2D eigenvalue weighted by molar-refractivity contribution is 7.98. The quantitative estimate of drug-likeness (QED) is 0.460. The molecule has 17 heavy (non-hydrogen) atoms. The van der Waals surface area contributed by atoms with Crippen LogP contribution in [0.2, 0.25) is 0 Å². The van der Waals surface area contributed by atoms with Gasteiger partial charge in [0.15, 0.2) is 0 Å². The zero-order valence-corrected chi connectivity index (χ0v) is 9.99. The molecule has 0 bridgehead atoms. The van der Waals surface area contributed by atoms with Crippen molar-refractivity contribution in [2.45, 2.75) is 0 Å². The van der Waals surface area contributed by atoms with Crippen LogP contribution >= 0.6 is 11.8 Å². The number of nitrogens with zero attached hydrogens (tertiary/aromatic N) is 1. The molecule has 2 N–H and O–H groups in total. The van der Waals surface area contributed by atoms with E-state index in [0.29, 0.717) is 12.2 Å². The van der Waals surface area contributed by atoms with E-state index in [1.807, 2.05) is 6.26 Å². The Morgan fingerprint density at radius 3 is 2.82 bits per heavy atom. The second kappa shape index (κ2) is 6.09. The Labute approximate surface area is 102 Å². The highest BCUT2D eigenvalue weighted by Crippen LogP contribution is 2.23. The maximum atomic E-state index is 10.8. The van der Waals surface area contributed by atoms with Crippen molar-refractivity contribution >= 4 is 29.1 Å². The number of rotatable bonds is 6. The van der Waals surface area contributed by atoms with Crippen LogP contribution in [0.4, 0.5) is 11.4 Å². The van der Waals surface area contributed by atoms with Crippen molar-refractivity contribution in [2.24, 2.45) is 0 Å². The second-order valence-electron chi connectivity index (χ2n) is 3.21. The Hall–Kier alpha value is -1.76. The fourth-order valence-electron chi connectivity index (χ4n) is 1.27. The molecule has 0 aliphatic carbocycles. The first kappa shape index (κ1) is 13.3. The average molecular weight is 256 g/mol. The molecule has 0 amide bonds. The topological polar surface area (TPSA) is 92.5 Å². The smallest absolute Gasteiger partial charge is 0.342 e.